The topological polar surface area (TPSA) is 135 Å². The van der Waals surface area contributed by atoms with E-state index in [-0.39, 0.29) is 13.2 Å². The Labute approximate surface area is 165 Å². The molecule has 0 aliphatic carbocycles. The third-order valence-electron chi connectivity index (χ3n) is 2.44. The van der Waals surface area contributed by atoms with Gasteiger partial charge in [0.1, 0.15) is 5.75 Å². The standard InChI is InChI=1S/C8H18O5.C8H10O2.C3H4O2/c9-1-3-11-5-7-13-8-6-12-4-2-10;1-7(9)10-8-5-3-2-4-6-8;1-2-3(4)5/h9-10H,1-8H2;2-7,9H,1H3;2H,1H2,(H,4,5). The molecule has 0 aromatic heterocycles. The largest absolute Gasteiger partial charge is 0.478 e. The fraction of sp³-hybridized carbons (Fsp3) is 0.526. The first kappa shape index (κ1) is 28.2. The monoisotopic (exact) mass is 404 g/mol. The molecule has 1 aromatic carbocycles. The first-order valence-electron chi connectivity index (χ1n) is 8.68. The second kappa shape index (κ2) is 23.0. The van der Waals surface area contributed by atoms with E-state index in [1.165, 1.54) is 0 Å². The molecular formula is C19H32O9. The van der Waals surface area contributed by atoms with Gasteiger partial charge in [-0.3, -0.25) is 0 Å². The van der Waals surface area contributed by atoms with Crippen LogP contribution in [0, 0.1) is 0 Å². The Hall–Kier alpha value is -2.01. The summed E-state index contributed by atoms with van der Waals surface area (Å²) in [6.07, 6.45) is 0.0994. The number of ether oxygens (including phenoxy) is 4. The van der Waals surface area contributed by atoms with Crippen molar-refractivity contribution in [3.63, 3.8) is 0 Å². The van der Waals surface area contributed by atoms with E-state index in [1.54, 1.807) is 19.1 Å². The molecule has 1 aromatic rings. The van der Waals surface area contributed by atoms with Gasteiger partial charge in [0.05, 0.1) is 52.9 Å². The molecule has 28 heavy (non-hydrogen) atoms. The van der Waals surface area contributed by atoms with Crippen LogP contribution in [0.2, 0.25) is 0 Å². The Balaban J connectivity index is 0. The van der Waals surface area contributed by atoms with Gasteiger partial charge in [-0.05, 0) is 19.1 Å². The van der Waals surface area contributed by atoms with Crippen molar-refractivity contribution in [2.45, 2.75) is 13.2 Å². The van der Waals surface area contributed by atoms with E-state index in [4.69, 9.17) is 39.4 Å². The van der Waals surface area contributed by atoms with Gasteiger partial charge in [0.2, 0.25) is 0 Å². The summed E-state index contributed by atoms with van der Waals surface area (Å²) in [6.45, 7) is 7.30. The Morgan fingerprint density at radius 3 is 1.68 bits per heavy atom. The molecule has 9 heteroatoms. The number of hydrogen-bond acceptors (Lipinski definition) is 8. The van der Waals surface area contributed by atoms with Crippen LogP contribution < -0.4 is 4.74 Å². The van der Waals surface area contributed by atoms with Crippen molar-refractivity contribution in [1.82, 2.24) is 0 Å². The van der Waals surface area contributed by atoms with Gasteiger partial charge in [0, 0.05) is 6.08 Å². The predicted molar refractivity (Wildman–Crippen MR) is 103 cm³/mol. The number of rotatable bonds is 13. The fourth-order valence-corrected chi connectivity index (χ4v) is 1.37. The molecule has 1 atom stereocenters. The number of para-hydroxylation sites is 1. The average molecular weight is 404 g/mol. The van der Waals surface area contributed by atoms with Crippen molar-refractivity contribution in [2.24, 2.45) is 0 Å². The van der Waals surface area contributed by atoms with E-state index < -0.39 is 12.3 Å². The number of carbonyl (C=O) groups is 1. The highest BCUT2D eigenvalue weighted by molar-refractivity contribution is 5.78. The maximum atomic E-state index is 9.25. The minimum Gasteiger partial charge on any atom is -0.478 e. The van der Waals surface area contributed by atoms with Crippen molar-refractivity contribution < 1.29 is 44.2 Å². The highest BCUT2D eigenvalue weighted by Crippen LogP contribution is 2.09. The van der Waals surface area contributed by atoms with Gasteiger partial charge in [0.25, 0.3) is 0 Å². The van der Waals surface area contributed by atoms with E-state index in [9.17, 15) is 4.79 Å². The Morgan fingerprint density at radius 1 is 0.964 bits per heavy atom. The normalized spacial score (nSPS) is 10.6. The lowest BCUT2D eigenvalue weighted by Crippen LogP contribution is -2.11. The van der Waals surface area contributed by atoms with E-state index in [2.05, 4.69) is 6.58 Å². The molecule has 0 spiro atoms. The number of carboxylic acid groups (broad SMARTS) is 1. The van der Waals surface area contributed by atoms with Crippen molar-refractivity contribution in [2.75, 3.05) is 52.9 Å². The molecule has 9 nitrogen and oxygen atoms in total. The number of aliphatic hydroxyl groups is 3. The van der Waals surface area contributed by atoms with E-state index in [0.29, 0.717) is 45.4 Å². The van der Waals surface area contributed by atoms with Crippen LogP contribution in [-0.2, 0) is 19.0 Å². The van der Waals surface area contributed by atoms with Crippen LogP contribution in [-0.4, -0.2) is 85.5 Å². The Kier molecular flexibility index (Phi) is 23.2. The Morgan fingerprint density at radius 2 is 1.36 bits per heavy atom. The number of aliphatic carboxylic acids is 1. The lowest BCUT2D eigenvalue weighted by molar-refractivity contribution is -0.131. The summed E-state index contributed by atoms with van der Waals surface area (Å²) in [7, 11) is 0. The van der Waals surface area contributed by atoms with E-state index >= 15 is 0 Å². The van der Waals surface area contributed by atoms with Crippen LogP contribution >= 0.6 is 0 Å². The SMILES string of the molecule is C=CC(=O)O.CC(O)Oc1ccccc1.OCCOCCOCCOCCO. The predicted octanol–water partition coefficient (Wildman–Crippen LogP) is 0.681. The van der Waals surface area contributed by atoms with Crippen molar-refractivity contribution in [3.05, 3.63) is 43.0 Å². The molecule has 1 unspecified atom stereocenters. The molecule has 0 fully saturated rings. The molecule has 0 heterocycles. The molecule has 0 saturated heterocycles. The van der Waals surface area contributed by atoms with Gasteiger partial charge in [-0.25, -0.2) is 4.79 Å². The summed E-state index contributed by atoms with van der Waals surface area (Å²) < 4.78 is 20.0. The van der Waals surface area contributed by atoms with Crippen molar-refractivity contribution in [3.8, 4) is 5.75 Å². The fourth-order valence-electron chi connectivity index (χ4n) is 1.37. The molecule has 0 amide bonds. The first-order chi connectivity index (χ1) is 13.5. The van der Waals surface area contributed by atoms with Gasteiger partial charge in [-0.15, -0.1) is 0 Å². The average Bonchev–Trinajstić information content (AvgIpc) is 2.68. The third kappa shape index (κ3) is 26.2. The van der Waals surface area contributed by atoms with Crippen LogP contribution in [0.1, 0.15) is 6.92 Å². The molecule has 0 aliphatic rings. The van der Waals surface area contributed by atoms with Gasteiger partial charge >= 0.3 is 5.97 Å². The number of aliphatic hydroxyl groups excluding tert-OH is 3. The second-order valence-corrected chi connectivity index (χ2v) is 4.86. The summed E-state index contributed by atoms with van der Waals surface area (Å²) in [6, 6.07) is 9.21. The van der Waals surface area contributed by atoms with Crippen LogP contribution in [0.3, 0.4) is 0 Å². The molecule has 0 radical (unpaired) electrons. The molecule has 0 saturated carbocycles. The lowest BCUT2D eigenvalue weighted by atomic mass is 10.3. The molecule has 1 rings (SSSR count). The molecule has 0 aliphatic heterocycles. The highest BCUT2D eigenvalue weighted by Gasteiger charge is 1.94. The minimum atomic E-state index is -0.981. The summed E-state index contributed by atoms with van der Waals surface area (Å²) >= 11 is 0. The number of carboxylic acids is 1. The highest BCUT2D eigenvalue weighted by atomic mass is 16.6. The zero-order valence-electron chi connectivity index (χ0n) is 16.2. The quantitative estimate of drug-likeness (QED) is 0.213. The van der Waals surface area contributed by atoms with Gasteiger partial charge < -0.3 is 39.4 Å². The maximum absolute atomic E-state index is 9.25. The first-order valence-corrected chi connectivity index (χ1v) is 8.68. The van der Waals surface area contributed by atoms with Gasteiger partial charge in [-0.2, -0.15) is 0 Å². The minimum absolute atomic E-state index is 0.0413. The zero-order valence-corrected chi connectivity index (χ0v) is 16.2. The zero-order chi connectivity index (χ0) is 21.5. The second-order valence-electron chi connectivity index (χ2n) is 4.86. The van der Waals surface area contributed by atoms with Crippen molar-refractivity contribution >= 4 is 5.97 Å². The van der Waals surface area contributed by atoms with Crippen LogP contribution in [0.5, 0.6) is 5.75 Å². The summed E-state index contributed by atoms with van der Waals surface area (Å²) in [5, 5.41) is 33.1. The molecule has 0 bridgehead atoms. The maximum Gasteiger partial charge on any atom is 0.327 e. The van der Waals surface area contributed by atoms with E-state index in [1.807, 2.05) is 18.2 Å². The molecule has 162 valence electrons. The summed E-state index contributed by atoms with van der Waals surface area (Å²) in [4.78, 5) is 9.25. The summed E-state index contributed by atoms with van der Waals surface area (Å²) in [5.41, 5.74) is 0. The molecular weight excluding hydrogens is 372 g/mol. The van der Waals surface area contributed by atoms with Crippen LogP contribution in [0.25, 0.3) is 0 Å². The lowest BCUT2D eigenvalue weighted by Gasteiger charge is -2.06. The molecule has 4 N–H and O–H groups in total. The van der Waals surface area contributed by atoms with E-state index in [0.717, 1.165) is 6.08 Å². The van der Waals surface area contributed by atoms with Crippen molar-refractivity contribution in [1.29, 1.82) is 0 Å². The number of benzene rings is 1. The summed E-state index contributed by atoms with van der Waals surface area (Å²) in [5.74, 6) is -0.289. The Bertz CT molecular complexity index is 442. The van der Waals surface area contributed by atoms with Gasteiger partial charge in [0.15, 0.2) is 6.29 Å². The third-order valence-corrected chi connectivity index (χ3v) is 2.44. The smallest absolute Gasteiger partial charge is 0.327 e. The van der Waals surface area contributed by atoms with Crippen LogP contribution in [0.4, 0.5) is 0 Å². The van der Waals surface area contributed by atoms with Crippen LogP contribution in [0.15, 0.2) is 43.0 Å². The number of hydrogen-bond donors (Lipinski definition) is 4. The van der Waals surface area contributed by atoms with Gasteiger partial charge in [-0.1, -0.05) is 24.8 Å².